The molecule has 1 saturated heterocycles. The molecule has 5 heteroatoms. The third-order valence-electron chi connectivity index (χ3n) is 4.19. The minimum atomic E-state index is 0.0142. The van der Waals surface area contributed by atoms with E-state index in [9.17, 15) is 4.79 Å². The Labute approximate surface area is 150 Å². The first-order valence-electron chi connectivity index (χ1n) is 7.61. The standard InChI is InChI=1S/C18H18BrClN2O/c1-13-6-7-14(12-16(13)19)21-8-10-22(11-9-21)18(23)15-4-2-3-5-17(15)20/h2-7,12H,8-11H2,1H3. The van der Waals surface area contributed by atoms with E-state index in [2.05, 4.69) is 46.0 Å². The lowest BCUT2D eigenvalue weighted by Crippen LogP contribution is -2.48. The van der Waals surface area contributed by atoms with E-state index in [1.807, 2.05) is 17.0 Å². The highest BCUT2D eigenvalue weighted by molar-refractivity contribution is 9.10. The van der Waals surface area contributed by atoms with Crippen molar-refractivity contribution in [3.8, 4) is 0 Å². The molecule has 1 heterocycles. The van der Waals surface area contributed by atoms with Crippen molar-refractivity contribution in [1.82, 2.24) is 4.90 Å². The topological polar surface area (TPSA) is 23.6 Å². The maximum absolute atomic E-state index is 12.6. The zero-order valence-electron chi connectivity index (χ0n) is 12.9. The number of hydrogen-bond donors (Lipinski definition) is 0. The number of amides is 1. The fourth-order valence-electron chi connectivity index (χ4n) is 2.75. The quantitative estimate of drug-likeness (QED) is 0.756. The van der Waals surface area contributed by atoms with Gasteiger partial charge in [-0.2, -0.15) is 0 Å². The predicted octanol–water partition coefficient (Wildman–Crippen LogP) is 4.37. The Bertz CT molecular complexity index is 727. The SMILES string of the molecule is Cc1ccc(N2CCN(C(=O)c3ccccc3Cl)CC2)cc1Br. The maximum Gasteiger partial charge on any atom is 0.255 e. The third kappa shape index (κ3) is 3.54. The number of hydrogen-bond acceptors (Lipinski definition) is 2. The molecule has 0 aromatic heterocycles. The van der Waals surface area contributed by atoms with Gasteiger partial charge in [0, 0.05) is 36.3 Å². The molecule has 2 aromatic carbocycles. The zero-order valence-corrected chi connectivity index (χ0v) is 15.3. The van der Waals surface area contributed by atoms with Crippen molar-refractivity contribution in [3.63, 3.8) is 0 Å². The van der Waals surface area contributed by atoms with Gasteiger partial charge in [-0.15, -0.1) is 0 Å². The second-order valence-electron chi connectivity index (χ2n) is 5.69. The van der Waals surface area contributed by atoms with Crippen molar-refractivity contribution in [1.29, 1.82) is 0 Å². The highest BCUT2D eigenvalue weighted by Crippen LogP contribution is 2.25. The van der Waals surface area contributed by atoms with Crippen molar-refractivity contribution >= 4 is 39.1 Å². The molecule has 0 bridgehead atoms. The molecule has 3 rings (SSSR count). The first-order chi connectivity index (χ1) is 11.1. The summed E-state index contributed by atoms with van der Waals surface area (Å²) in [5.41, 5.74) is 2.99. The molecule has 0 aliphatic carbocycles. The Morgan fingerprint density at radius 2 is 1.78 bits per heavy atom. The molecule has 0 unspecified atom stereocenters. The van der Waals surface area contributed by atoms with Crippen LogP contribution in [0.4, 0.5) is 5.69 Å². The summed E-state index contributed by atoms with van der Waals surface area (Å²) in [6, 6.07) is 13.6. The summed E-state index contributed by atoms with van der Waals surface area (Å²) in [5, 5.41) is 0.516. The number of nitrogens with zero attached hydrogens (tertiary/aromatic N) is 2. The van der Waals surface area contributed by atoms with Gasteiger partial charge in [0.25, 0.3) is 5.91 Å². The molecule has 2 aromatic rings. The van der Waals surface area contributed by atoms with Crippen LogP contribution in [0.2, 0.25) is 5.02 Å². The Morgan fingerprint density at radius 1 is 1.09 bits per heavy atom. The summed E-state index contributed by atoms with van der Waals surface area (Å²) in [7, 11) is 0. The summed E-state index contributed by atoms with van der Waals surface area (Å²) in [6.07, 6.45) is 0. The summed E-state index contributed by atoms with van der Waals surface area (Å²) in [5.74, 6) is 0.0142. The molecule has 1 aliphatic rings. The normalized spacial score (nSPS) is 14.9. The second kappa shape index (κ2) is 6.93. The van der Waals surface area contributed by atoms with Gasteiger partial charge in [0.2, 0.25) is 0 Å². The molecular weight excluding hydrogens is 376 g/mol. The van der Waals surface area contributed by atoms with Gasteiger partial charge in [-0.3, -0.25) is 4.79 Å². The molecule has 120 valence electrons. The van der Waals surface area contributed by atoms with Crippen molar-refractivity contribution in [3.05, 3.63) is 63.1 Å². The number of piperazine rings is 1. The van der Waals surface area contributed by atoms with Crippen LogP contribution in [0.15, 0.2) is 46.9 Å². The monoisotopic (exact) mass is 392 g/mol. The summed E-state index contributed by atoms with van der Waals surface area (Å²) >= 11 is 9.71. The first-order valence-corrected chi connectivity index (χ1v) is 8.78. The van der Waals surface area contributed by atoms with Crippen LogP contribution in [0, 0.1) is 6.92 Å². The second-order valence-corrected chi connectivity index (χ2v) is 6.95. The molecule has 0 spiro atoms. The summed E-state index contributed by atoms with van der Waals surface area (Å²) < 4.78 is 1.12. The van der Waals surface area contributed by atoms with Crippen LogP contribution in [0.3, 0.4) is 0 Å². The molecule has 1 fully saturated rings. The Kier molecular flexibility index (Phi) is 4.93. The van der Waals surface area contributed by atoms with Crippen LogP contribution in [-0.4, -0.2) is 37.0 Å². The molecule has 1 aliphatic heterocycles. The van der Waals surface area contributed by atoms with Crippen molar-refractivity contribution in [2.45, 2.75) is 6.92 Å². The van der Waals surface area contributed by atoms with Crippen molar-refractivity contribution in [2.75, 3.05) is 31.1 Å². The summed E-state index contributed by atoms with van der Waals surface area (Å²) in [4.78, 5) is 16.8. The largest absolute Gasteiger partial charge is 0.368 e. The smallest absolute Gasteiger partial charge is 0.255 e. The van der Waals surface area contributed by atoms with Gasteiger partial charge < -0.3 is 9.80 Å². The molecule has 0 radical (unpaired) electrons. The molecule has 0 saturated carbocycles. The van der Waals surface area contributed by atoms with E-state index in [1.165, 1.54) is 11.3 Å². The number of carbonyl (C=O) groups excluding carboxylic acids is 1. The third-order valence-corrected chi connectivity index (χ3v) is 5.38. The number of rotatable bonds is 2. The van der Waals surface area contributed by atoms with Crippen LogP contribution in [-0.2, 0) is 0 Å². The van der Waals surface area contributed by atoms with E-state index in [4.69, 9.17) is 11.6 Å². The number of benzene rings is 2. The van der Waals surface area contributed by atoms with Gasteiger partial charge >= 0.3 is 0 Å². The highest BCUT2D eigenvalue weighted by Gasteiger charge is 2.23. The lowest BCUT2D eigenvalue weighted by Gasteiger charge is -2.36. The van der Waals surface area contributed by atoms with E-state index in [0.717, 1.165) is 17.6 Å². The van der Waals surface area contributed by atoms with Crippen molar-refractivity contribution < 1.29 is 4.79 Å². The van der Waals surface area contributed by atoms with Gasteiger partial charge in [-0.05, 0) is 36.8 Å². The number of halogens is 2. The summed E-state index contributed by atoms with van der Waals surface area (Å²) in [6.45, 7) is 5.14. The van der Waals surface area contributed by atoms with Crippen LogP contribution in [0.1, 0.15) is 15.9 Å². The fourth-order valence-corrected chi connectivity index (χ4v) is 3.33. The van der Waals surface area contributed by atoms with Crippen LogP contribution >= 0.6 is 27.5 Å². The van der Waals surface area contributed by atoms with Gasteiger partial charge in [0.1, 0.15) is 0 Å². The van der Waals surface area contributed by atoms with Gasteiger partial charge in [-0.1, -0.05) is 45.7 Å². The lowest BCUT2D eigenvalue weighted by atomic mass is 10.1. The van der Waals surface area contributed by atoms with Crippen LogP contribution in [0.25, 0.3) is 0 Å². The van der Waals surface area contributed by atoms with E-state index in [0.29, 0.717) is 23.7 Å². The minimum absolute atomic E-state index is 0.0142. The van der Waals surface area contributed by atoms with Gasteiger partial charge in [0.05, 0.1) is 10.6 Å². The van der Waals surface area contributed by atoms with Crippen LogP contribution < -0.4 is 4.90 Å². The highest BCUT2D eigenvalue weighted by atomic mass is 79.9. The zero-order chi connectivity index (χ0) is 16.4. The van der Waals surface area contributed by atoms with Crippen LogP contribution in [0.5, 0.6) is 0 Å². The van der Waals surface area contributed by atoms with E-state index < -0.39 is 0 Å². The molecule has 0 atom stereocenters. The Hall–Kier alpha value is -1.52. The molecule has 3 nitrogen and oxygen atoms in total. The minimum Gasteiger partial charge on any atom is -0.368 e. The van der Waals surface area contributed by atoms with E-state index in [1.54, 1.807) is 12.1 Å². The maximum atomic E-state index is 12.6. The number of aryl methyl sites for hydroxylation is 1. The Morgan fingerprint density at radius 3 is 2.43 bits per heavy atom. The number of carbonyl (C=O) groups is 1. The fraction of sp³-hybridized carbons (Fsp3) is 0.278. The van der Waals surface area contributed by atoms with E-state index >= 15 is 0 Å². The van der Waals surface area contributed by atoms with Crippen molar-refractivity contribution in [2.24, 2.45) is 0 Å². The Balaban J connectivity index is 1.67. The lowest BCUT2D eigenvalue weighted by molar-refractivity contribution is 0.0747. The van der Waals surface area contributed by atoms with Gasteiger partial charge in [-0.25, -0.2) is 0 Å². The molecule has 1 amide bonds. The average molecular weight is 394 g/mol. The first kappa shape index (κ1) is 16.3. The predicted molar refractivity (Wildman–Crippen MR) is 98.4 cm³/mol. The average Bonchev–Trinajstić information content (AvgIpc) is 2.57. The van der Waals surface area contributed by atoms with Gasteiger partial charge in [0.15, 0.2) is 0 Å². The molecule has 0 N–H and O–H groups in total. The number of anilines is 1. The van der Waals surface area contributed by atoms with E-state index in [-0.39, 0.29) is 5.91 Å². The molecular formula is C18H18BrClN2O. The molecule has 23 heavy (non-hydrogen) atoms.